The van der Waals surface area contributed by atoms with Crippen LogP contribution in [-0.2, 0) is 20.8 Å². The van der Waals surface area contributed by atoms with Gasteiger partial charge < -0.3 is 24.6 Å². The molecule has 0 unspecified atom stereocenters. The Labute approximate surface area is 179 Å². The monoisotopic (exact) mass is 421 g/mol. The van der Waals surface area contributed by atoms with Crippen LogP contribution in [0.4, 0.5) is 17.1 Å². The van der Waals surface area contributed by atoms with Crippen molar-refractivity contribution in [2.45, 2.75) is 19.8 Å². The Bertz CT molecular complexity index is 1080. The van der Waals surface area contributed by atoms with Gasteiger partial charge in [-0.2, -0.15) is 0 Å². The number of hydrogen-bond acceptors (Lipinski definition) is 5. The minimum absolute atomic E-state index is 0.0135. The second kappa shape index (κ2) is 7.61. The first-order valence-electron chi connectivity index (χ1n) is 10.4. The van der Waals surface area contributed by atoms with Gasteiger partial charge in [-0.3, -0.25) is 14.4 Å². The molecule has 3 aliphatic heterocycles. The van der Waals surface area contributed by atoms with E-state index < -0.39 is 5.92 Å². The van der Waals surface area contributed by atoms with E-state index in [0.717, 1.165) is 23.4 Å². The summed E-state index contributed by atoms with van der Waals surface area (Å²) in [4.78, 5) is 40.6. The second-order valence-electron chi connectivity index (χ2n) is 7.99. The van der Waals surface area contributed by atoms with Gasteiger partial charge in [0.15, 0.2) is 11.5 Å². The van der Waals surface area contributed by atoms with E-state index in [1.807, 2.05) is 18.2 Å². The third-order valence-corrected chi connectivity index (χ3v) is 5.96. The van der Waals surface area contributed by atoms with Gasteiger partial charge in [0.05, 0.1) is 5.92 Å². The van der Waals surface area contributed by atoms with E-state index in [0.29, 0.717) is 43.5 Å². The summed E-state index contributed by atoms with van der Waals surface area (Å²) in [6.45, 7) is 3.51. The summed E-state index contributed by atoms with van der Waals surface area (Å²) in [5.74, 6) is 0.555. The Balaban J connectivity index is 1.28. The largest absolute Gasteiger partial charge is 0.486 e. The highest BCUT2D eigenvalue weighted by Crippen LogP contribution is 2.35. The standard InChI is InChI=1S/C23H23N3O5/c1-14(27)25-7-6-15-10-18(3-4-19(15)25)26-13-16(11-22(26)28)23(29)24-17-2-5-20-21(12-17)31-9-8-30-20/h2-5,10,12,16H,6-9,11,13H2,1H3,(H,24,29)/t16-/m0/s1. The number of benzene rings is 2. The third-order valence-electron chi connectivity index (χ3n) is 5.96. The maximum atomic E-state index is 12.8. The third kappa shape index (κ3) is 3.58. The van der Waals surface area contributed by atoms with Gasteiger partial charge in [0.2, 0.25) is 17.7 Å². The molecule has 0 radical (unpaired) electrons. The number of amides is 3. The van der Waals surface area contributed by atoms with Crippen molar-refractivity contribution in [1.29, 1.82) is 0 Å². The lowest BCUT2D eigenvalue weighted by Gasteiger charge is -2.20. The minimum atomic E-state index is -0.442. The van der Waals surface area contributed by atoms with Crippen LogP contribution in [0.5, 0.6) is 11.5 Å². The number of rotatable bonds is 3. The highest BCUT2D eigenvalue weighted by Gasteiger charge is 2.36. The summed E-state index contributed by atoms with van der Waals surface area (Å²) >= 11 is 0. The molecule has 1 saturated heterocycles. The Morgan fingerprint density at radius 3 is 2.68 bits per heavy atom. The average Bonchev–Trinajstić information content (AvgIpc) is 3.37. The van der Waals surface area contributed by atoms with E-state index >= 15 is 0 Å². The number of carbonyl (C=O) groups excluding carboxylic acids is 3. The summed E-state index contributed by atoms with van der Waals surface area (Å²) in [6.07, 6.45) is 0.922. The van der Waals surface area contributed by atoms with Gasteiger partial charge in [-0.25, -0.2) is 0 Å². The van der Waals surface area contributed by atoms with Crippen molar-refractivity contribution in [2.24, 2.45) is 5.92 Å². The highest BCUT2D eigenvalue weighted by atomic mass is 16.6. The highest BCUT2D eigenvalue weighted by molar-refractivity contribution is 6.04. The second-order valence-corrected chi connectivity index (χ2v) is 7.99. The molecule has 2 aromatic rings. The van der Waals surface area contributed by atoms with Crippen molar-refractivity contribution in [2.75, 3.05) is 41.4 Å². The van der Waals surface area contributed by atoms with Crippen LogP contribution in [0.15, 0.2) is 36.4 Å². The quantitative estimate of drug-likeness (QED) is 0.822. The molecule has 1 atom stereocenters. The Hall–Kier alpha value is -3.55. The van der Waals surface area contributed by atoms with E-state index in [2.05, 4.69) is 5.32 Å². The SMILES string of the molecule is CC(=O)N1CCc2cc(N3C[C@@H](C(=O)Nc4ccc5c(c4)OCCO5)CC3=O)ccc21. The van der Waals surface area contributed by atoms with Gasteiger partial charge in [-0.15, -0.1) is 0 Å². The smallest absolute Gasteiger partial charge is 0.229 e. The fourth-order valence-corrected chi connectivity index (χ4v) is 4.38. The first-order chi connectivity index (χ1) is 15.0. The number of nitrogens with zero attached hydrogens (tertiary/aromatic N) is 2. The van der Waals surface area contributed by atoms with Gasteiger partial charge in [0.25, 0.3) is 0 Å². The van der Waals surface area contributed by atoms with Crippen LogP contribution in [0.1, 0.15) is 18.9 Å². The minimum Gasteiger partial charge on any atom is -0.486 e. The van der Waals surface area contributed by atoms with E-state index in [-0.39, 0.29) is 24.1 Å². The molecular weight excluding hydrogens is 398 g/mol. The zero-order valence-corrected chi connectivity index (χ0v) is 17.2. The molecule has 0 bridgehead atoms. The molecule has 0 spiro atoms. The number of anilines is 3. The molecular formula is C23H23N3O5. The van der Waals surface area contributed by atoms with Crippen LogP contribution in [0.3, 0.4) is 0 Å². The predicted molar refractivity (Wildman–Crippen MR) is 115 cm³/mol. The lowest BCUT2D eigenvalue weighted by Crippen LogP contribution is -2.28. The van der Waals surface area contributed by atoms with Crippen molar-refractivity contribution in [3.63, 3.8) is 0 Å². The van der Waals surface area contributed by atoms with E-state index in [4.69, 9.17) is 9.47 Å². The lowest BCUT2D eigenvalue weighted by atomic mass is 10.1. The molecule has 0 aromatic heterocycles. The van der Waals surface area contributed by atoms with Crippen molar-refractivity contribution in [3.8, 4) is 11.5 Å². The fourth-order valence-electron chi connectivity index (χ4n) is 4.38. The number of ether oxygens (including phenoxy) is 2. The molecule has 1 N–H and O–H groups in total. The zero-order chi connectivity index (χ0) is 21.5. The molecule has 31 heavy (non-hydrogen) atoms. The van der Waals surface area contributed by atoms with Gasteiger partial charge in [0, 0.05) is 49.6 Å². The molecule has 0 saturated carbocycles. The van der Waals surface area contributed by atoms with Crippen LogP contribution in [0, 0.1) is 5.92 Å². The van der Waals surface area contributed by atoms with Crippen LogP contribution in [-0.4, -0.2) is 44.0 Å². The summed E-state index contributed by atoms with van der Waals surface area (Å²) in [5.41, 5.74) is 3.33. The Kier molecular flexibility index (Phi) is 4.77. The number of carbonyl (C=O) groups is 3. The maximum Gasteiger partial charge on any atom is 0.229 e. The van der Waals surface area contributed by atoms with Crippen LogP contribution >= 0.6 is 0 Å². The van der Waals surface area contributed by atoms with Gasteiger partial charge in [0.1, 0.15) is 13.2 Å². The fraction of sp³-hybridized carbons (Fsp3) is 0.348. The Morgan fingerprint density at radius 2 is 1.87 bits per heavy atom. The molecule has 5 rings (SSSR count). The molecule has 3 amide bonds. The van der Waals surface area contributed by atoms with Gasteiger partial charge in [-0.05, 0) is 42.3 Å². The van der Waals surface area contributed by atoms with E-state index in [9.17, 15) is 14.4 Å². The number of nitrogens with one attached hydrogen (secondary N) is 1. The maximum absolute atomic E-state index is 12.8. The average molecular weight is 421 g/mol. The lowest BCUT2D eigenvalue weighted by molar-refractivity contribution is -0.122. The molecule has 0 aliphatic carbocycles. The summed E-state index contributed by atoms with van der Waals surface area (Å²) in [5, 5.41) is 2.89. The summed E-state index contributed by atoms with van der Waals surface area (Å²) in [7, 11) is 0. The first-order valence-corrected chi connectivity index (χ1v) is 10.4. The van der Waals surface area contributed by atoms with Gasteiger partial charge >= 0.3 is 0 Å². The Morgan fingerprint density at radius 1 is 1.06 bits per heavy atom. The van der Waals surface area contributed by atoms with E-state index in [1.54, 1.807) is 34.9 Å². The van der Waals surface area contributed by atoms with Crippen LogP contribution in [0.25, 0.3) is 0 Å². The zero-order valence-electron chi connectivity index (χ0n) is 17.2. The topological polar surface area (TPSA) is 88.2 Å². The molecule has 3 heterocycles. The number of fused-ring (bicyclic) bond motifs is 2. The molecule has 2 aromatic carbocycles. The van der Waals surface area contributed by atoms with Crippen molar-refractivity contribution in [3.05, 3.63) is 42.0 Å². The summed E-state index contributed by atoms with van der Waals surface area (Å²) in [6, 6.07) is 11.0. The van der Waals surface area contributed by atoms with Crippen LogP contribution in [0.2, 0.25) is 0 Å². The molecule has 160 valence electrons. The normalized spacial score (nSPS) is 19.4. The van der Waals surface area contributed by atoms with Crippen molar-refractivity contribution >= 4 is 34.8 Å². The summed E-state index contributed by atoms with van der Waals surface area (Å²) < 4.78 is 11.1. The van der Waals surface area contributed by atoms with Crippen molar-refractivity contribution < 1.29 is 23.9 Å². The van der Waals surface area contributed by atoms with E-state index in [1.165, 1.54) is 0 Å². The molecule has 8 heteroatoms. The van der Waals surface area contributed by atoms with Crippen molar-refractivity contribution in [1.82, 2.24) is 0 Å². The first kappa shape index (κ1) is 19.4. The molecule has 1 fully saturated rings. The van der Waals surface area contributed by atoms with Crippen LogP contribution < -0.4 is 24.6 Å². The predicted octanol–water partition coefficient (Wildman–Crippen LogP) is 2.36. The molecule has 8 nitrogen and oxygen atoms in total. The molecule has 3 aliphatic rings. The number of hydrogen-bond donors (Lipinski definition) is 1. The van der Waals surface area contributed by atoms with Gasteiger partial charge in [-0.1, -0.05) is 0 Å².